The highest BCUT2D eigenvalue weighted by Crippen LogP contribution is 2.30. The van der Waals surface area contributed by atoms with Crippen LogP contribution in [0.2, 0.25) is 0 Å². The Labute approximate surface area is 179 Å². The fourth-order valence-electron chi connectivity index (χ4n) is 3.26. The van der Waals surface area contributed by atoms with E-state index in [9.17, 15) is 4.79 Å². The summed E-state index contributed by atoms with van der Waals surface area (Å²) in [6.07, 6.45) is 1.68. The van der Waals surface area contributed by atoms with E-state index in [0.29, 0.717) is 0 Å². The van der Waals surface area contributed by atoms with Crippen molar-refractivity contribution in [3.05, 3.63) is 78.0 Å². The largest absolute Gasteiger partial charge is 0.497 e. The van der Waals surface area contributed by atoms with E-state index >= 15 is 0 Å². The normalized spacial score (nSPS) is 11.3. The Hall–Kier alpha value is -3.38. The van der Waals surface area contributed by atoms with Crippen LogP contribution in [0, 0.1) is 6.92 Å². The molecule has 0 unspecified atom stereocenters. The third kappa shape index (κ3) is 4.44. The molecule has 0 spiro atoms. The average molecular weight is 416 g/mol. The molecular weight excluding hydrogens is 394 g/mol. The van der Waals surface area contributed by atoms with Gasteiger partial charge in [-0.25, -0.2) is 5.43 Å². The van der Waals surface area contributed by atoms with Crippen molar-refractivity contribution in [3.8, 4) is 5.75 Å². The quantitative estimate of drug-likeness (QED) is 0.275. The van der Waals surface area contributed by atoms with Crippen LogP contribution in [0.15, 0.2) is 76.7 Å². The minimum atomic E-state index is -0.165. The number of aryl methyl sites for hydroxylation is 1. The molecule has 5 nitrogen and oxygen atoms in total. The SMILES string of the molecule is COc1ccc2nc(C)cc(SCC(=O)N/N=C/c3cccc4ccccc34)c2c1. The minimum Gasteiger partial charge on any atom is -0.497 e. The number of aromatic nitrogens is 1. The van der Waals surface area contributed by atoms with Gasteiger partial charge in [0.1, 0.15) is 5.75 Å². The second-order valence-corrected chi connectivity index (χ2v) is 7.81. The summed E-state index contributed by atoms with van der Waals surface area (Å²) in [4.78, 5) is 17.9. The standard InChI is InChI=1S/C24H21N3O2S/c1-16-12-23(21-13-19(29-2)10-11-22(21)26-16)30-15-24(28)27-25-14-18-8-5-7-17-6-3-4-9-20(17)18/h3-14H,15H2,1-2H3,(H,27,28)/b25-14+. The number of hydrogen-bond donors (Lipinski definition) is 1. The number of pyridine rings is 1. The Bertz CT molecular complexity index is 1250. The van der Waals surface area contributed by atoms with Crippen LogP contribution in [0.25, 0.3) is 21.7 Å². The molecule has 0 bridgehead atoms. The number of benzene rings is 3. The predicted octanol–water partition coefficient (Wildman–Crippen LogP) is 4.95. The first kappa shape index (κ1) is 19.9. The van der Waals surface area contributed by atoms with Gasteiger partial charge in [-0.2, -0.15) is 5.10 Å². The zero-order valence-corrected chi connectivity index (χ0v) is 17.6. The molecule has 0 saturated heterocycles. The van der Waals surface area contributed by atoms with Crippen molar-refractivity contribution in [1.82, 2.24) is 10.4 Å². The van der Waals surface area contributed by atoms with E-state index in [1.54, 1.807) is 13.3 Å². The first-order valence-corrected chi connectivity index (χ1v) is 10.5. The van der Waals surface area contributed by atoms with E-state index in [2.05, 4.69) is 27.6 Å². The Morgan fingerprint density at radius 1 is 1.10 bits per heavy atom. The molecule has 6 heteroatoms. The molecule has 1 aromatic heterocycles. The molecule has 1 heterocycles. The van der Waals surface area contributed by atoms with Gasteiger partial charge < -0.3 is 4.74 Å². The Balaban J connectivity index is 1.44. The number of thioether (sulfide) groups is 1. The van der Waals surface area contributed by atoms with Gasteiger partial charge in [-0.1, -0.05) is 42.5 Å². The van der Waals surface area contributed by atoms with Crippen molar-refractivity contribution < 1.29 is 9.53 Å². The molecule has 4 rings (SSSR count). The molecule has 0 aliphatic heterocycles. The van der Waals surface area contributed by atoms with Gasteiger partial charge in [0.15, 0.2) is 0 Å². The van der Waals surface area contributed by atoms with E-state index in [4.69, 9.17) is 4.74 Å². The van der Waals surface area contributed by atoms with Gasteiger partial charge >= 0.3 is 0 Å². The predicted molar refractivity (Wildman–Crippen MR) is 123 cm³/mol. The van der Waals surface area contributed by atoms with Crippen molar-refractivity contribution in [3.63, 3.8) is 0 Å². The number of nitrogens with zero attached hydrogens (tertiary/aromatic N) is 2. The number of hydrazone groups is 1. The molecule has 0 saturated carbocycles. The summed E-state index contributed by atoms with van der Waals surface area (Å²) < 4.78 is 5.32. The lowest BCUT2D eigenvalue weighted by atomic mass is 10.1. The maximum absolute atomic E-state index is 12.3. The van der Waals surface area contributed by atoms with Gasteiger partial charge in [0.2, 0.25) is 5.91 Å². The van der Waals surface area contributed by atoms with Crippen molar-refractivity contribution in [2.24, 2.45) is 5.10 Å². The van der Waals surface area contributed by atoms with Gasteiger partial charge in [0, 0.05) is 21.5 Å². The van der Waals surface area contributed by atoms with Crippen LogP contribution >= 0.6 is 11.8 Å². The van der Waals surface area contributed by atoms with Crippen molar-refractivity contribution >= 4 is 45.6 Å². The third-order valence-electron chi connectivity index (χ3n) is 4.68. The summed E-state index contributed by atoms with van der Waals surface area (Å²) >= 11 is 1.46. The Kier molecular flexibility index (Phi) is 5.95. The van der Waals surface area contributed by atoms with Gasteiger partial charge in [-0.05, 0) is 42.0 Å². The number of hydrogen-bond acceptors (Lipinski definition) is 5. The highest BCUT2D eigenvalue weighted by molar-refractivity contribution is 8.00. The lowest BCUT2D eigenvalue weighted by molar-refractivity contribution is -0.118. The van der Waals surface area contributed by atoms with E-state index in [1.165, 1.54) is 11.8 Å². The summed E-state index contributed by atoms with van der Waals surface area (Å²) in [5.41, 5.74) is 5.37. The number of amides is 1. The number of ether oxygens (including phenoxy) is 1. The molecule has 1 N–H and O–H groups in total. The fraction of sp³-hybridized carbons (Fsp3) is 0.125. The highest BCUT2D eigenvalue weighted by Gasteiger charge is 2.09. The summed E-state index contributed by atoms with van der Waals surface area (Å²) in [6, 6.07) is 21.8. The molecule has 0 fully saturated rings. The fourth-order valence-corrected chi connectivity index (χ4v) is 4.18. The second-order valence-electron chi connectivity index (χ2n) is 6.80. The van der Waals surface area contributed by atoms with E-state index in [0.717, 1.165) is 43.6 Å². The van der Waals surface area contributed by atoms with E-state index < -0.39 is 0 Å². The smallest absolute Gasteiger partial charge is 0.250 e. The molecule has 0 radical (unpaired) electrons. The third-order valence-corrected chi connectivity index (χ3v) is 5.74. The Morgan fingerprint density at radius 2 is 1.93 bits per heavy atom. The summed E-state index contributed by atoms with van der Waals surface area (Å²) in [7, 11) is 1.64. The van der Waals surface area contributed by atoms with Crippen LogP contribution in [-0.4, -0.2) is 30.0 Å². The molecule has 0 atom stereocenters. The maximum Gasteiger partial charge on any atom is 0.250 e. The number of carbonyl (C=O) groups excluding carboxylic acids is 1. The van der Waals surface area contributed by atoms with Crippen LogP contribution in [0.3, 0.4) is 0 Å². The first-order chi connectivity index (χ1) is 14.6. The van der Waals surface area contributed by atoms with Gasteiger partial charge in [0.05, 0.1) is 24.6 Å². The monoisotopic (exact) mass is 415 g/mol. The van der Waals surface area contributed by atoms with Crippen LogP contribution < -0.4 is 10.2 Å². The van der Waals surface area contributed by atoms with Crippen molar-refractivity contribution in [2.45, 2.75) is 11.8 Å². The maximum atomic E-state index is 12.3. The summed E-state index contributed by atoms with van der Waals surface area (Å²) in [5.74, 6) is 0.851. The van der Waals surface area contributed by atoms with Gasteiger partial charge in [0.25, 0.3) is 0 Å². The van der Waals surface area contributed by atoms with Gasteiger partial charge in [-0.15, -0.1) is 11.8 Å². The van der Waals surface area contributed by atoms with Crippen LogP contribution in [0.5, 0.6) is 5.75 Å². The lowest BCUT2D eigenvalue weighted by Crippen LogP contribution is -2.19. The lowest BCUT2D eigenvalue weighted by Gasteiger charge is -2.09. The van der Waals surface area contributed by atoms with Crippen LogP contribution in [0.4, 0.5) is 0 Å². The number of nitrogens with one attached hydrogen (secondary N) is 1. The zero-order valence-electron chi connectivity index (χ0n) is 16.8. The molecule has 0 aliphatic carbocycles. The molecule has 1 amide bonds. The van der Waals surface area contributed by atoms with Crippen LogP contribution in [-0.2, 0) is 4.79 Å². The van der Waals surface area contributed by atoms with Crippen molar-refractivity contribution in [1.29, 1.82) is 0 Å². The molecule has 30 heavy (non-hydrogen) atoms. The molecule has 3 aromatic carbocycles. The van der Waals surface area contributed by atoms with Gasteiger partial charge in [-0.3, -0.25) is 9.78 Å². The summed E-state index contributed by atoms with van der Waals surface area (Å²) in [6.45, 7) is 1.95. The van der Waals surface area contributed by atoms with Crippen molar-refractivity contribution in [2.75, 3.05) is 12.9 Å². The number of methoxy groups -OCH3 is 1. The molecule has 4 aromatic rings. The number of carbonyl (C=O) groups is 1. The van der Waals surface area contributed by atoms with E-state index in [-0.39, 0.29) is 11.7 Å². The highest BCUT2D eigenvalue weighted by atomic mass is 32.2. The number of fused-ring (bicyclic) bond motifs is 2. The first-order valence-electron chi connectivity index (χ1n) is 9.52. The molecule has 150 valence electrons. The zero-order chi connectivity index (χ0) is 20.9. The minimum absolute atomic E-state index is 0.165. The van der Waals surface area contributed by atoms with E-state index in [1.807, 2.05) is 61.5 Å². The molecule has 0 aliphatic rings. The van der Waals surface area contributed by atoms with Crippen LogP contribution in [0.1, 0.15) is 11.3 Å². The number of rotatable bonds is 6. The molecular formula is C24H21N3O2S. The average Bonchev–Trinajstić information content (AvgIpc) is 2.77. The second kappa shape index (κ2) is 8.97. The summed E-state index contributed by atoms with van der Waals surface area (Å²) in [5, 5.41) is 7.35. The topological polar surface area (TPSA) is 63.6 Å². The Morgan fingerprint density at radius 3 is 2.80 bits per heavy atom.